The van der Waals surface area contributed by atoms with Crippen molar-refractivity contribution in [2.24, 2.45) is 11.7 Å². The van der Waals surface area contributed by atoms with Crippen LogP contribution in [0.2, 0.25) is 0 Å². The monoisotopic (exact) mass is 156 g/mol. The normalized spacial score (nSPS) is 31.2. The van der Waals surface area contributed by atoms with Crippen LogP contribution in [0.4, 0.5) is 0 Å². The maximum Gasteiger partial charge on any atom is 0.222 e. The predicted octanol–water partition coefficient (Wildman–Crippen LogP) is -0.614. The number of carbonyl (C=O) groups is 2. The lowest BCUT2D eigenvalue weighted by molar-refractivity contribution is -0.128. The van der Waals surface area contributed by atoms with Crippen LogP contribution in [0.15, 0.2) is 0 Å². The fraction of sp³-hybridized carbons (Fsp3) is 0.714. The summed E-state index contributed by atoms with van der Waals surface area (Å²) in [6, 6.07) is -0.103. The first kappa shape index (κ1) is 8.04. The fourth-order valence-corrected chi connectivity index (χ4v) is 1.35. The van der Waals surface area contributed by atoms with E-state index in [9.17, 15) is 9.59 Å². The third kappa shape index (κ3) is 1.69. The molecule has 2 amide bonds. The topological polar surface area (TPSA) is 72.2 Å². The SMILES string of the molecule is CC1NC(=O)CCC1C(N)=O. The van der Waals surface area contributed by atoms with E-state index >= 15 is 0 Å². The van der Waals surface area contributed by atoms with Crippen LogP contribution in [0.5, 0.6) is 0 Å². The van der Waals surface area contributed by atoms with Crippen molar-refractivity contribution in [3.63, 3.8) is 0 Å². The van der Waals surface area contributed by atoms with Crippen molar-refractivity contribution in [2.45, 2.75) is 25.8 Å². The van der Waals surface area contributed by atoms with Gasteiger partial charge in [-0.25, -0.2) is 0 Å². The Morgan fingerprint density at radius 2 is 2.36 bits per heavy atom. The summed E-state index contributed by atoms with van der Waals surface area (Å²) in [5.74, 6) is -0.500. The van der Waals surface area contributed by atoms with Crippen molar-refractivity contribution in [3.05, 3.63) is 0 Å². The lowest BCUT2D eigenvalue weighted by Crippen LogP contribution is -2.47. The minimum atomic E-state index is -0.322. The number of primary amides is 1. The Labute approximate surface area is 65.1 Å². The van der Waals surface area contributed by atoms with Crippen LogP contribution in [0, 0.1) is 5.92 Å². The molecule has 3 N–H and O–H groups in total. The Morgan fingerprint density at radius 3 is 2.82 bits per heavy atom. The molecule has 0 spiro atoms. The van der Waals surface area contributed by atoms with Crippen LogP contribution < -0.4 is 11.1 Å². The highest BCUT2D eigenvalue weighted by atomic mass is 16.2. The first-order valence-electron chi connectivity index (χ1n) is 3.70. The van der Waals surface area contributed by atoms with Crippen molar-refractivity contribution in [2.75, 3.05) is 0 Å². The molecule has 62 valence electrons. The van der Waals surface area contributed by atoms with E-state index in [1.54, 1.807) is 6.92 Å². The Balaban J connectivity index is 2.57. The van der Waals surface area contributed by atoms with E-state index in [-0.39, 0.29) is 23.8 Å². The Morgan fingerprint density at radius 1 is 1.73 bits per heavy atom. The van der Waals surface area contributed by atoms with Crippen LogP contribution in [-0.2, 0) is 9.59 Å². The van der Waals surface area contributed by atoms with Gasteiger partial charge in [0.25, 0.3) is 0 Å². The van der Waals surface area contributed by atoms with Gasteiger partial charge in [-0.15, -0.1) is 0 Å². The van der Waals surface area contributed by atoms with E-state index in [0.29, 0.717) is 12.8 Å². The lowest BCUT2D eigenvalue weighted by atomic mass is 9.91. The van der Waals surface area contributed by atoms with Gasteiger partial charge in [0.1, 0.15) is 0 Å². The number of amides is 2. The third-order valence-electron chi connectivity index (χ3n) is 2.04. The molecule has 1 aliphatic heterocycles. The summed E-state index contributed by atoms with van der Waals surface area (Å²) >= 11 is 0. The molecule has 0 aliphatic carbocycles. The first-order chi connectivity index (χ1) is 5.11. The molecule has 4 nitrogen and oxygen atoms in total. The van der Waals surface area contributed by atoms with Gasteiger partial charge in [0.2, 0.25) is 11.8 Å². The van der Waals surface area contributed by atoms with Gasteiger partial charge in [-0.05, 0) is 13.3 Å². The largest absolute Gasteiger partial charge is 0.369 e. The minimum Gasteiger partial charge on any atom is -0.369 e. The van der Waals surface area contributed by atoms with Crippen molar-refractivity contribution < 1.29 is 9.59 Å². The average molecular weight is 156 g/mol. The molecule has 11 heavy (non-hydrogen) atoms. The van der Waals surface area contributed by atoms with Gasteiger partial charge in [-0.3, -0.25) is 9.59 Å². The molecule has 0 radical (unpaired) electrons. The van der Waals surface area contributed by atoms with Gasteiger partial charge < -0.3 is 11.1 Å². The highest BCUT2D eigenvalue weighted by Gasteiger charge is 2.28. The Bertz CT molecular complexity index is 191. The summed E-state index contributed by atoms with van der Waals surface area (Å²) in [5.41, 5.74) is 5.11. The molecular formula is C7H12N2O2. The Hall–Kier alpha value is -1.06. The molecule has 1 aliphatic rings. The van der Waals surface area contributed by atoms with Crippen LogP contribution in [-0.4, -0.2) is 17.9 Å². The molecule has 0 bridgehead atoms. The van der Waals surface area contributed by atoms with Crippen molar-refractivity contribution in [1.82, 2.24) is 5.32 Å². The van der Waals surface area contributed by atoms with E-state index in [1.165, 1.54) is 0 Å². The van der Waals surface area contributed by atoms with E-state index in [4.69, 9.17) is 5.73 Å². The molecule has 1 saturated heterocycles. The molecule has 0 aromatic carbocycles. The number of nitrogens with one attached hydrogen (secondary N) is 1. The minimum absolute atomic E-state index is 0.00926. The van der Waals surface area contributed by atoms with Crippen LogP contribution in [0.25, 0.3) is 0 Å². The number of hydrogen-bond donors (Lipinski definition) is 2. The maximum atomic E-state index is 10.8. The maximum absolute atomic E-state index is 10.8. The zero-order valence-electron chi connectivity index (χ0n) is 6.46. The summed E-state index contributed by atoms with van der Waals surface area (Å²) in [6.07, 6.45) is 1.00. The van der Waals surface area contributed by atoms with Crippen molar-refractivity contribution >= 4 is 11.8 Å². The predicted molar refractivity (Wildman–Crippen MR) is 39.5 cm³/mol. The second kappa shape index (κ2) is 2.90. The van der Waals surface area contributed by atoms with Gasteiger partial charge in [0, 0.05) is 12.5 Å². The first-order valence-corrected chi connectivity index (χ1v) is 3.70. The second-order valence-electron chi connectivity index (χ2n) is 2.90. The van der Waals surface area contributed by atoms with Crippen molar-refractivity contribution in [3.8, 4) is 0 Å². The van der Waals surface area contributed by atoms with Crippen LogP contribution in [0.1, 0.15) is 19.8 Å². The molecule has 2 atom stereocenters. The van der Waals surface area contributed by atoms with E-state index < -0.39 is 0 Å². The highest BCUT2D eigenvalue weighted by Crippen LogP contribution is 2.15. The molecule has 1 heterocycles. The summed E-state index contributed by atoms with van der Waals surface area (Å²) < 4.78 is 0. The van der Waals surface area contributed by atoms with Gasteiger partial charge in [-0.2, -0.15) is 0 Å². The van der Waals surface area contributed by atoms with Gasteiger partial charge in [-0.1, -0.05) is 0 Å². The van der Waals surface area contributed by atoms with Crippen LogP contribution in [0.3, 0.4) is 0 Å². The highest BCUT2D eigenvalue weighted by molar-refractivity contribution is 5.83. The van der Waals surface area contributed by atoms with E-state index in [2.05, 4.69) is 5.32 Å². The zero-order chi connectivity index (χ0) is 8.43. The molecule has 0 aromatic rings. The third-order valence-corrected chi connectivity index (χ3v) is 2.04. The summed E-state index contributed by atoms with van der Waals surface area (Å²) in [6.45, 7) is 1.80. The number of hydrogen-bond acceptors (Lipinski definition) is 2. The number of nitrogens with two attached hydrogens (primary N) is 1. The van der Waals surface area contributed by atoms with Gasteiger partial charge >= 0.3 is 0 Å². The Kier molecular flexibility index (Phi) is 2.12. The summed E-state index contributed by atoms with van der Waals surface area (Å²) in [5, 5.41) is 2.67. The summed E-state index contributed by atoms with van der Waals surface area (Å²) in [7, 11) is 0. The van der Waals surface area contributed by atoms with Crippen LogP contribution >= 0.6 is 0 Å². The molecule has 2 unspecified atom stereocenters. The van der Waals surface area contributed by atoms with Crippen molar-refractivity contribution in [1.29, 1.82) is 0 Å². The second-order valence-corrected chi connectivity index (χ2v) is 2.90. The van der Waals surface area contributed by atoms with Gasteiger partial charge in [0.15, 0.2) is 0 Å². The lowest BCUT2D eigenvalue weighted by Gasteiger charge is -2.26. The number of carbonyl (C=O) groups excluding carboxylic acids is 2. The standard InChI is InChI=1S/C7H12N2O2/c1-4-5(7(8)11)2-3-6(10)9-4/h4-5H,2-3H2,1H3,(H2,8,11)(H,9,10). The zero-order valence-corrected chi connectivity index (χ0v) is 6.46. The average Bonchev–Trinajstić information content (AvgIpc) is 1.85. The summed E-state index contributed by atoms with van der Waals surface area (Å²) in [4.78, 5) is 21.5. The molecule has 4 heteroatoms. The van der Waals surface area contributed by atoms with E-state index in [1.807, 2.05) is 0 Å². The quantitative estimate of drug-likeness (QED) is 0.531. The molecule has 1 rings (SSSR count). The molecule has 0 aromatic heterocycles. The molecule has 1 fully saturated rings. The van der Waals surface area contributed by atoms with E-state index in [0.717, 1.165) is 0 Å². The smallest absolute Gasteiger partial charge is 0.222 e. The molecule has 0 saturated carbocycles. The number of rotatable bonds is 1. The fourth-order valence-electron chi connectivity index (χ4n) is 1.35. The molecular weight excluding hydrogens is 144 g/mol. The van der Waals surface area contributed by atoms with Gasteiger partial charge in [0.05, 0.1) is 5.92 Å². The number of piperidine rings is 1.